The fraction of sp³-hybridized carbons (Fsp3) is 0.667. The first-order chi connectivity index (χ1) is 8.70. The number of hydrogen-bond acceptors (Lipinski definition) is 4. The van der Waals surface area contributed by atoms with Crippen molar-refractivity contribution in [3.05, 3.63) is 18.0 Å². The number of rotatable bonds is 5. The minimum absolute atomic E-state index is 0.0438. The Kier molecular flexibility index (Phi) is 4.33. The van der Waals surface area contributed by atoms with E-state index < -0.39 is 0 Å². The van der Waals surface area contributed by atoms with Crippen LogP contribution >= 0.6 is 0 Å². The second-order valence-corrected chi connectivity index (χ2v) is 4.55. The van der Waals surface area contributed by atoms with Crippen molar-refractivity contribution in [2.45, 2.75) is 19.5 Å². The van der Waals surface area contributed by atoms with Crippen molar-refractivity contribution in [1.82, 2.24) is 20.4 Å². The Morgan fingerprint density at radius 2 is 2.44 bits per heavy atom. The standard InChI is InChI=1S/C12H20N4O2/c1-3-13-11-8-18-7-10(11)12(17)14-4-9-5-15-16(2)6-9/h5-6,10-11,13H,3-4,7-8H2,1-2H3,(H,14,17). The van der Waals surface area contributed by atoms with Crippen LogP contribution in [0.15, 0.2) is 12.4 Å². The van der Waals surface area contributed by atoms with Crippen molar-refractivity contribution in [2.24, 2.45) is 13.0 Å². The Morgan fingerprint density at radius 3 is 3.11 bits per heavy atom. The first-order valence-corrected chi connectivity index (χ1v) is 6.27. The van der Waals surface area contributed by atoms with E-state index in [9.17, 15) is 4.79 Å². The Labute approximate surface area is 107 Å². The van der Waals surface area contributed by atoms with Crippen LogP contribution in [-0.2, 0) is 23.1 Å². The second-order valence-electron chi connectivity index (χ2n) is 4.55. The smallest absolute Gasteiger partial charge is 0.227 e. The lowest BCUT2D eigenvalue weighted by Crippen LogP contribution is -2.43. The highest BCUT2D eigenvalue weighted by atomic mass is 16.5. The van der Waals surface area contributed by atoms with Gasteiger partial charge in [0, 0.05) is 31.4 Å². The minimum Gasteiger partial charge on any atom is -0.379 e. The summed E-state index contributed by atoms with van der Waals surface area (Å²) < 4.78 is 7.08. The average molecular weight is 252 g/mol. The zero-order valence-corrected chi connectivity index (χ0v) is 10.8. The van der Waals surface area contributed by atoms with E-state index in [0.717, 1.165) is 12.1 Å². The van der Waals surface area contributed by atoms with Crippen LogP contribution in [0.5, 0.6) is 0 Å². The van der Waals surface area contributed by atoms with Gasteiger partial charge in [-0.25, -0.2) is 0 Å². The van der Waals surface area contributed by atoms with Gasteiger partial charge in [-0.3, -0.25) is 9.48 Å². The molecule has 2 heterocycles. The summed E-state index contributed by atoms with van der Waals surface area (Å²) in [6.07, 6.45) is 3.65. The maximum atomic E-state index is 12.1. The summed E-state index contributed by atoms with van der Waals surface area (Å²) in [4.78, 5) is 12.1. The number of carbonyl (C=O) groups is 1. The highest BCUT2D eigenvalue weighted by molar-refractivity contribution is 5.79. The molecule has 0 aliphatic carbocycles. The largest absolute Gasteiger partial charge is 0.379 e. The van der Waals surface area contributed by atoms with Crippen LogP contribution in [0.4, 0.5) is 0 Å². The normalized spacial score (nSPS) is 23.2. The molecule has 1 saturated heterocycles. The lowest BCUT2D eigenvalue weighted by Gasteiger charge is -2.17. The van der Waals surface area contributed by atoms with E-state index in [1.54, 1.807) is 10.9 Å². The molecule has 0 saturated carbocycles. The number of ether oxygens (including phenoxy) is 1. The molecular weight excluding hydrogens is 232 g/mol. The zero-order chi connectivity index (χ0) is 13.0. The van der Waals surface area contributed by atoms with Gasteiger partial charge >= 0.3 is 0 Å². The first kappa shape index (κ1) is 13.0. The van der Waals surface area contributed by atoms with Crippen LogP contribution in [0.25, 0.3) is 0 Å². The van der Waals surface area contributed by atoms with Gasteiger partial charge < -0.3 is 15.4 Å². The number of nitrogens with zero attached hydrogens (tertiary/aromatic N) is 2. The lowest BCUT2D eigenvalue weighted by atomic mass is 10.0. The van der Waals surface area contributed by atoms with Crippen molar-refractivity contribution in [2.75, 3.05) is 19.8 Å². The molecule has 2 N–H and O–H groups in total. The number of hydrogen-bond donors (Lipinski definition) is 2. The molecule has 1 aliphatic rings. The summed E-state index contributed by atoms with van der Waals surface area (Å²) in [6, 6.07) is 0.129. The molecule has 1 fully saturated rings. The van der Waals surface area contributed by atoms with Crippen LogP contribution in [0.2, 0.25) is 0 Å². The summed E-state index contributed by atoms with van der Waals surface area (Å²) in [5, 5.41) is 10.3. The van der Waals surface area contributed by atoms with Gasteiger partial charge in [0.1, 0.15) is 0 Å². The Balaban J connectivity index is 1.83. The highest BCUT2D eigenvalue weighted by Crippen LogP contribution is 2.14. The Hall–Kier alpha value is -1.40. The van der Waals surface area contributed by atoms with Crippen molar-refractivity contribution in [3.63, 3.8) is 0 Å². The third-order valence-corrected chi connectivity index (χ3v) is 3.11. The summed E-state index contributed by atoms with van der Waals surface area (Å²) in [7, 11) is 1.86. The predicted octanol–water partition coefficient (Wildman–Crippen LogP) is -0.339. The van der Waals surface area contributed by atoms with Gasteiger partial charge in [-0.2, -0.15) is 5.10 Å². The molecule has 6 nitrogen and oxygen atoms in total. The molecule has 1 amide bonds. The van der Waals surface area contributed by atoms with Crippen LogP contribution in [0, 0.1) is 5.92 Å². The Bertz CT molecular complexity index is 405. The van der Waals surface area contributed by atoms with E-state index in [4.69, 9.17) is 4.74 Å². The van der Waals surface area contributed by atoms with Crippen LogP contribution in [0.3, 0.4) is 0 Å². The minimum atomic E-state index is -0.0957. The van der Waals surface area contributed by atoms with Gasteiger partial charge in [0.25, 0.3) is 0 Å². The number of aromatic nitrogens is 2. The molecule has 6 heteroatoms. The highest BCUT2D eigenvalue weighted by Gasteiger charge is 2.33. The SMILES string of the molecule is CCNC1COCC1C(=O)NCc1cnn(C)c1. The summed E-state index contributed by atoms with van der Waals surface area (Å²) in [5.74, 6) is -0.0519. The third-order valence-electron chi connectivity index (χ3n) is 3.11. The van der Waals surface area contributed by atoms with Gasteiger partial charge in [0.15, 0.2) is 0 Å². The first-order valence-electron chi connectivity index (χ1n) is 6.27. The molecule has 100 valence electrons. The van der Waals surface area contributed by atoms with Crippen LogP contribution < -0.4 is 10.6 Å². The van der Waals surface area contributed by atoms with Crippen molar-refractivity contribution >= 4 is 5.91 Å². The average Bonchev–Trinajstić information content (AvgIpc) is 2.96. The second kappa shape index (κ2) is 5.97. The van der Waals surface area contributed by atoms with Gasteiger partial charge in [-0.15, -0.1) is 0 Å². The van der Waals surface area contributed by atoms with E-state index in [2.05, 4.69) is 15.7 Å². The fourth-order valence-corrected chi connectivity index (χ4v) is 2.16. The molecule has 0 aromatic carbocycles. The van der Waals surface area contributed by atoms with Crippen molar-refractivity contribution < 1.29 is 9.53 Å². The topological polar surface area (TPSA) is 68.2 Å². The van der Waals surface area contributed by atoms with Crippen LogP contribution in [-0.4, -0.2) is 41.5 Å². The lowest BCUT2D eigenvalue weighted by molar-refractivity contribution is -0.125. The van der Waals surface area contributed by atoms with E-state index in [1.807, 2.05) is 20.2 Å². The van der Waals surface area contributed by atoms with Gasteiger partial charge in [-0.05, 0) is 6.54 Å². The third kappa shape index (κ3) is 3.08. The maximum absolute atomic E-state index is 12.1. The molecule has 0 radical (unpaired) electrons. The quantitative estimate of drug-likeness (QED) is 0.752. The molecule has 2 atom stereocenters. The molecule has 0 bridgehead atoms. The van der Waals surface area contributed by atoms with E-state index in [0.29, 0.717) is 19.8 Å². The molecule has 0 spiro atoms. The van der Waals surface area contributed by atoms with Crippen molar-refractivity contribution in [1.29, 1.82) is 0 Å². The number of amides is 1. The fourth-order valence-electron chi connectivity index (χ4n) is 2.16. The predicted molar refractivity (Wildman–Crippen MR) is 66.8 cm³/mol. The van der Waals surface area contributed by atoms with E-state index in [1.165, 1.54) is 0 Å². The zero-order valence-electron chi connectivity index (χ0n) is 10.8. The summed E-state index contributed by atoms with van der Waals surface area (Å²) in [6.45, 7) is 4.50. The van der Waals surface area contributed by atoms with Gasteiger partial charge in [0.2, 0.25) is 5.91 Å². The van der Waals surface area contributed by atoms with E-state index >= 15 is 0 Å². The Morgan fingerprint density at radius 1 is 1.61 bits per heavy atom. The summed E-state index contributed by atoms with van der Waals surface area (Å²) in [5.41, 5.74) is 1.00. The maximum Gasteiger partial charge on any atom is 0.227 e. The van der Waals surface area contributed by atoms with E-state index in [-0.39, 0.29) is 17.9 Å². The molecule has 2 rings (SSSR count). The molecule has 18 heavy (non-hydrogen) atoms. The van der Waals surface area contributed by atoms with Gasteiger partial charge in [-0.1, -0.05) is 6.92 Å². The monoisotopic (exact) mass is 252 g/mol. The molecule has 1 aromatic heterocycles. The van der Waals surface area contributed by atoms with Gasteiger partial charge in [0.05, 0.1) is 25.3 Å². The number of nitrogens with one attached hydrogen (secondary N) is 2. The molecule has 1 aromatic rings. The number of aryl methyl sites for hydroxylation is 1. The molecular formula is C12H20N4O2. The molecule has 1 aliphatic heterocycles. The van der Waals surface area contributed by atoms with Crippen LogP contribution in [0.1, 0.15) is 12.5 Å². The number of likely N-dealkylation sites (N-methyl/N-ethyl adjacent to an activating group) is 1. The number of carbonyl (C=O) groups excluding carboxylic acids is 1. The van der Waals surface area contributed by atoms with Crippen molar-refractivity contribution in [3.8, 4) is 0 Å². The summed E-state index contributed by atoms with van der Waals surface area (Å²) >= 11 is 0. The molecule has 2 unspecified atom stereocenters.